The van der Waals surface area contributed by atoms with Crippen molar-refractivity contribution >= 4 is 0 Å². The van der Waals surface area contributed by atoms with Crippen LogP contribution in [-0.2, 0) is 0 Å². The molecule has 0 saturated carbocycles. The largest absolute Gasteiger partial charge is 0.391 e. The molecular weight excluding hydrogens is 573 g/mol. The second kappa shape index (κ2) is 79.9. The third-order valence-corrected chi connectivity index (χ3v) is 2.22. The standard InChI is InChI=1S/C5H12.C4H7F3.7C4H10.2C3H8/c1-3-5-4-2;1-3(2)4(5,6)7;5*1-4(2)3;2*1-3-4-2;2*1-3-2/h3-5H2,1-2H3;3H,1-2H3;5*4H,1-3H3;2*3-4H2,1-2H3;2*3H2,1-2H3/i;;2*4D;;;;3D2;;3D2;. The van der Waals surface area contributed by atoms with E-state index in [2.05, 4.69) is 104 Å². The molecule has 0 amide bonds. The molecule has 0 saturated heterocycles. The van der Waals surface area contributed by atoms with E-state index in [1.54, 1.807) is 6.92 Å². The summed E-state index contributed by atoms with van der Waals surface area (Å²) in [5, 5.41) is 0. The maximum atomic E-state index is 11.2. The predicted octanol–water partition coefficient (Wildman–Crippen LogP) is 19.2. The van der Waals surface area contributed by atoms with Crippen molar-refractivity contribution in [1.82, 2.24) is 0 Å². The Kier molecular flexibility index (Phi) is 95.9. The van der Waals surface area contributed by atoms with Crippen LogP contribution >= 0.6 is 0 Å². The zero-order chi connectivity index (χ0) is 45.8. The van der Waals surface area contributed by atoms with Crippen LogP contribution in [0.2, 0.25) is 0 Å². The lowest BCUT2D eigenvalue weighted by molar-refractivity contribution is -0.164. The highest BCUT2D eigenvalue weighted by molar-refractivity contribution is 4.52. The minimum Gasteiger partial charge on any atom is -0.171 e. The molecule has 0 rings (SSSR count). The summed E-state index contributed by atoms with van der Waals surface area (Å²) in [6.07, 6.45) is 2.61. The third kappa shape index (κ3) is 837. The van der Waals surface area contributed by atoms with Crippen LogP contribution in [0.15, 0.2) is 0 Å². The molecule has 0 aromatic carbocycles. The fraction of sp³-hybridized carbons (Fsp3) is 1.00. The highest BCUT2D eigenvalue weighted by Gasteiger charge is 2.31. The topological polar surface area (TPSA) is 0 Å². The van der Waals surface area contributed by atoms with E-state index in [0.29, 0.717) is 6.42 Å². The van der Waals surface area contributed by atoms with Gasteiger partial charge in [0.2, 0.25) is 0 Å². The molecule has 0 bridgehead atoms. The highest BCUT2D eigenvalue weighted by Crippen LogP contribution is 2.24. The Morgan fingerprint density at radius 3 is 0.543 bits per heavy atom. The Balaban J connectivity index is -0.0000000398. The fourth-order valence-corrected chi connectivity index (χ4v) is 0.354. The van der Waals surface area contributed by atoms with Crippen molar-refractivity contribution in [2.24, 2.45) is 35.5 Å². The Bertz CT molecular complexity index is 464. The zero-order valence-corrected chi connectivity index (χ0v) is 37.9. The number of alkyl halides is 3. The number of hydrogen-bond acceptors (Lipinski definition) is 0. The van der Waals surface area contributed by atoms with Crippen LogP contribution in [0.3, 0.4) is 0 Å². The first-order chi connectivity index (χ1) is 22.4. The van der Waals surface area contributed by atoms with Crippen molar-refractivity contribution in [3.05, 3.63) is 0 Å². The lowest BCUT2D eigenvalue weighted by atomic mass is 10.2. The van der Waals surface area contributed by atoms with Gasteiger partial charge in [-0.2, -0.15) is 13.2 Å². The van der Waals surface area contributed by atoms with Crippen LogP contribution in [0.1, 0.15) is 253 Å². The first kappa shape index (κ1) is 55.2. The summed E-state index contributed by atoms with van der Waals surface area (Å²) in [7, 11) is 0. The maximum absolute atomic E-state index is 11.2. The van der Waals surface area contributed by atoms with Gasteiger partial charge in [0.15, 0.2) is 0 Å². The van der Waals surface area contributed by atoms with Crippen LogP contribution in [0, 0.1) is 35.5 Å². The van der Waals surface area contributed by atoms with Gasteiger partial charge in [-0.3, -0.25) is 0 Å². The maximum Gasteiger partial charge on any atom is 0.391 e. The van der Waals surface area contributed by atoms with Crippen LogP contribution in [-0.4, -0.2) is 6.18 Å². The Morgan fingerprint density at radius 1 is 0.435 bits per heavy atom. The highest BCUT2D eigenvalue weighted by atomic mass is 19.4. The number of rotatable bonds is 4. The van der Waals surface area contributed by atoms with Crippen LogP contribution < -0.4 is 0 Å². The van der Waals surface area contributed by atoms with Crippen molar-refractivity contribution < 1.29 is 21.4 Å². The first-order valence-corrected chi connectivity index (χ1v) is 18.5. The van der Waals surface area contributed by atoms with Gasteiger partial charge in [-0.05, 0) is 29.5 Å². The van der Waals surface area contributed by atoms with Gasteiger partial charge < -0.3 is 0 Å². The lowest BCUT2D eigenvalue weighted by Crippen LogP contribution is -2.15. The predicted molar refractivity (Wildman–Crippen MR) is 222 cm³/mol. The average Bonchev–Trinajstić information content (AvgIpc) is 2.81. The molecule has 46 heavy (non-hydrogen) atoms. The van der Waals surface area contributed by atoms with E-state index in [0.717, 1.165) is 31.6 Å². The van der Waals surface area contributed by atoms with E-state index in [9.17, 15) is 13.2 Å². The van der Waals surface area contributed by atoms with Crippen LogP contribution in [0.4, 0.5) is 13.2 Å². The van der Waals surface area contributed by atoms with Crippen molar-refractivity contribution in [2.45, 2.75) is 251 Å². The van der Waals surface area contributed by atoms with Gasteiger partial charge in [0.25, 0.3) is 0 Å². The molecule has 0 nitrogen and oxygen atoms in total. The smallest absolute Gasteiger partial charge is 0.171 e. The van der Waals surface area contributed by atoms with E-state index in [-0.39, 0.29) is 11.8 Å². The minimum atomic E-state index is -4.00. The van der Waals surface area contributed by atoms with Gasteiger partial charge >= 0.3 is 6.18 Å². The second-order valence-electron chi connectivity index (χ2n) is 14.2. The van der Waals surface area contributed by atoms with E-state index < -0.39 is 24.8 Å². The van der Waals surface area contributed by atoms with E-state index in [1.165, 1.54) is 52.4 Å². The lowest BCUT2D eigenvalue weighted by Gasteiger charge is -2.07. The average molecular weight is 685 g/mol. The van der Waals surface area contributed by atoms with Crippen LogP contribution in [0.5, 0.6) is 0 Å². The fourth-order valence-electron chi connectivity index (χ4n) is 0.354. The Labute approximate surface area is 307 Å². The summed E-state index contributed by atoms with van der Waals surface area (Å²) in [6, 6.07) is 0. The summed E-state index contributed by atoms with van der Waals surface area (Å²) in [4.78, 5) is 0. The normalized spacial score (nSPS) is 11.9. The molecule has 0 fully saturated rings. The SMILES string of the molecule is CC(C)C.CC(C)C.CC(C)C.CC(C)C(F)(F)F.CCC.CCCC.CCCCC.[2H]C(C)(C)C.[2H]C(C)(C)C.[2H]C([2H])(C)C.[2H]C([2H])(C)CC. The van der Waals surface area contributed by atoms with Crippen molar-refractivity contribution in [1.29, 1.82) is 0 Å². The molecule has 0 aliphatic carbocycles. The van der Waals surface area contributed by atoms with Gasteiger partial charge in [-0.15, -0.1) is 0 Å². The molecule has 0 aromatic rings. The summed E-state index contributed by atoms with van der Waals surface area (Å²) in [5.41, 5.74) is 0. The summed E-state index contributed by atoms with van der Waals surface area (Å²) < 4.78 is 74.3. The molecule has 0 atom stereocenters. The van der Waals surface area contributed by atoms with Crippen LogP contribution in [0.25, 0.3) is 0 Å². The molecule has 0 unspecified atom stereocenters. The molecule has 0 heterocycles. The zero-order valence-electron chi connectivity index (χ0n) is 43.9. The van der Waals surface area contributed by atoms with Gasteiger partial charge in [0, 0.05) is 14.1 Å². The molecular formula is C43H105F3. The first-order valence-electron chi connectivity index (χ1n) is 21.5. The summed E-state index contributed by atoms with van der Waals surface area (Å²) in [6.45, 7) is 52.4. The monoisotopic (exact) mass is 685 g/mol. The molecule has 0 aliphatic heterocycles. The van der Waals surface area contributed by atoms with E-state index >= 15 is 0 Å². The summed E-state index contributed by atoms with van der Waals surface area (Å²) in [5.74, 6) is 0.799. The molecule has 0 aromatic heterocycles. The van der Waals surface area contributed by atoms with E-state index in [1.807, 2.05) is 48.5 Å². The number of unbranched alkanes of at least 4 members (excludes halogenated alkanes) is 3. The van der Waals surface area contributed by atoms with Crippen molar-refractivity contribution in [2.75, 3.05) is 0 Å². The van der Waals surface area contributed by atoms with Crippen molar-refractivity contribution in [3.63, 3.8) is 0 Å². The minimum absolute atomic E-state index is 0.250. The van der Waals surface area contributed by atoms with E-state index in [4.69, 9.17) is 8.22 Å². The van der Waals surface area contributed by atoms with Crippen molar-refractivity contribution in [3.8, 4) is 0 Å². The molecule has 298 valence electrons. The van der Waals surface area contributed by atoms with Gasteiger partial charge in [-0.25, -0.2) is 0 Å². The second-order valence-corrected chi connectivity index (χ2v) is 14.2. The quantitative estimate of drug-likeness (QED) is 0.276. The molecule has 0 N–H and O–H groups in total. The molecule has 0 radical (unpaired) electrons. The van der Waals surface area contributed by atoms with Gasteiger partial charge in [-0.1, -0.05) is 245 Å². The number of halogens is 3. The van der Waals surface area contributed by atoms with Gasteiger partial charge in [0.05, 0.1) is 0 Å². The Morgan fingerprint density at radius 2 is 0.543 bits per heavy atom. The molecule has 0 spiro atoms. The third-order valence-electron chi connectivity index (χ3n) is 2.22. The summed E-state index contributed by atoms with van der Waals surface area (Å²) >= 11 is 0. The Hall–Kier alpha value is -0.210. The molecule has 3 heteroatoms. The molecule has 0 aliphatic rings. The van der Waals surface area contributed by atoms with Gasteiger partial charge in [0.1, 0.15) is 0 Å². The number of hydrogen-bond donors (Lipinski definition) is 0.